The average Bonchev–Trinajstić information content (AvgIpc) is 2.64. The van der Waals surface area contributed by atoms with Crippen molar-refractivity contribution in [2.24, 2.45) is 5.92 Å². The summed E-state index contributed by atoms with van der Waals surface area (Å²) in [6, 6.07) is 1.64. The number of rotatable bonds is 5. The molecule has 0 unspecified atom stereocenters. The van der Waals surface area contributed by atoms with E-state index in [-0.39, 0.29) is 25.2 Å². The van der Waals surface area contributed by atoms with Crippen LogP contribution in [0, 0.1) is 17.6 Å². The minimum absolute atomic E-state index is 0.0000503. The van der Waals surface area contributed by atoms with Crippen LogP contribution in [0.15, 0.2) is 12.1 Å². The monoisotopic (exact) mass is 383 g/mol. The Bertz CT molecular complexity index is 696. The van der Waals surface area contributed by atoms with E-state index in [1.165, 1.54) is 12.1 Å². The second-order valence-corrected chi connectivity index (χ2v) is 6.68. The number of hydrogen-bond donors (Lipinski definition) is 1. The van der Waals surface area contributed by atoms with E-state index in [0.29, 0.717) is 18.8 Å². The molecule has 3 amide bonds. The topological polar surface area (TPSA) is 71.1 Å². The van der Waals surface area contributed by atoms with Crippen LogP contribution >= 0.6 is 0 Å². The van der Waals surface area contributed by atoms with Crippen LogP contribution in [0.1, 0.15) is 19.3 Å². The summed E-state index contributed by atoms with van der Waals surface area (Å²) in [5.41, 5.74) is -0.00968. The first-order valence-corrected chi connectivity index (χ1v) is 8.85. The molecule has 1 aromatic rings. The Hall–Kier alpha value is -2.26. The van der Waals surface area contributed by atoms with E-state index in [9.17, 15) is 18.4 Å². The highest BCUT2D eigenvalue weighted by Gasteiger charge is 2.31. The molecule has 27 heavy (non-hydrogen) atoms. The number of nitrogens with zero attached hydrogens (tertiary/aromatic N) is 2. The van der Waals surface area contributed by atoms with Gasteiger partial charge in [0.2, 0.25) is 5.91 Å². The maximum Gasteiger partial charge on any atom is 0.328 e. The maximum absolute atomic E-state index is 14.6. The van der Waals surface area contributed by atoms with Gasteiger partial charge in [-0.3, -0.25) is 15.0 Å². The fraction of sp³-hybridized carbons (Fsp3) is 0.556. The minimum atomic E-state index is -0.830. The van der Waals surface area contributed by atoms with E-state index in [1.54, 1.807) is 14.2 Å². The van der Waals surface area contributed by atoms with Crippen LogP contribution in [0.4, 0.5) is 25.0 Å². The zero-order valence-corrected chi connectivity index (χ0v) is 15.3. The summed E-state index contributed by atoms with van der Waals surface area (Å²) in [7, 11) is 3.18. The number of hydrogen-bond acceptors (Lipinski definition) is 5. The van der Waals surface area contributed by atoms with Crippen LogP contribution in [-0.4, -0.2) is 52.1 Å². The standard InChI is InChI=1S/C18H23F2N3O4/c1-26-17(27-2)11-3-6-22(7-4-11)12-9-13(19)16(14(20)10-12)23-8-5-15(24)21-18(23)25/h9-11,17H,3-8H2,1-2H3,(H,21,24,25). The first-order valence-electron chi connectivity index (χ1n) is 8.85. The predicted molar refractivity (Wildman–Crippen MR) is 94.6 cm³/mol. The molecule has 7 nitrogen and oxygen atoms in total. The van der Waals surface area contributed by atoms with E-state index >= 15 is 0 Å². The van der Waals surface area contributed by atoms with Crippen molar-refractivity contribution in [3.8, 4) is 0 Å². The Labute approximate surface area is 156 Å². The van der Waals surface area contributed by atoms with Gasteiger partial charge in [-0.25, -0.2) is 13.6 Å². The highest BCUT2D eigenvalue weighted by atomic mass is 19.1. The highest BCUT2D eigenvalue weighted by molar-refractivity contribution is 6.05. The maximum atomic E-state index is 14.6. The van der Waals surface area contributed by atoms with Gasteiger partial charge in [0, 0.05) is 51.9 Å². The molecule has 148 valence electrons. The molecule has 0 radical (unpaired) electrons. The normalized spacial score (nSPS) is 19.0. The molecule has 9 heteroatoms. The van der Waals surface area contributed by atoms with Gasteiger partial charge in [-0.05, 0) is 25.0 Å². The van der Waals surface area contributed by atoms with Gasteiger partial charge in [-0.15, -0.1) is 0 Å². The van der Waals surface area contributed by atoms with Crippen molar-refractivity contribution < 1.29 is 27.8 Å². The molecular weight excluding hydrogens is 360 g/mol. The number of urea groups is 1. The van der Waals surface area contributed by atoms with Crippen LogP contribution in [0.2, 0.25) is 0 Å². The van der Waals surface area contributed by atoms with Gasteiger partial charge in [0.1, 0.15) is 5.69 Å². The molecule has 0 atom stereocenters. The van der Waals surface area contributed by atoms with Crippen LogP contribution in [-0.2, 0) is 14.3 Å². The number of carbonyl (C=O) groups is 2. The molecular formula is C18H23F2N3O4. The van der Waals surface area contributed by atoms with Gasteiger partial charge >= 0.3 is 6.03 Å². The molecule has 2 aliphatic heterocycles. The van der Waals surface area contributed by atoms with E-state index in [4.69, 9.17) is 9.47 Å². The van der Waals surface area contributed by atoms with Crippen molar-refractivity contribution in [2.75, 3.05) is 43.7 Å². The van der Waals surface area contributed by atoms with Crippen LogP contribution < -0.4 is 15.1 Å². The molecule has 0 bridgehead atoms. The number of carbonyl (C=O) groups excluding carboxylic acids is 2. The van der Waals surface area contributed by atoms with Gasteiger partial charge < -0.3 is 14.4 Å². The molecule has 1 N–H and O–H groups in total. The molecule has 0 aromatic heterocycles. The lowest BCUT2D eigenvalue weighted by molar-refractivity contribution is -0.141. The second-order valence-electron chi connectivity index (χ2n) is 6.68. The predicted octanol–water partition coefficient (Wildman–Crippen LogP) is 2.25. The summed E-state index contributed by atoms with van der Waals surface area (Å²) in [5.74, 6) is -1.90. The van der Waals surface area contributed by atoms with Gasteiger partial charge in [0.25, 0.3) is 0 Å². The smallest absolute Gasteiger partial charge is 0.328 e. The molecule has 2 aliphatic rings. The zero-order chi connectivity index (χ0) is 19.6. The number of piperidine rings is 1. The van der Waals surface area contributed by atoms with Crippen molar-refractivity contribution in [2.45, 2.75) is 25.6 Å². The number of ether oxygens (including phenoxy) is 2. The lowest BCUT2D eigenvalue weighted by Crippen LogP contribution is -2.50. The second kappa shape index (κ2) is 8.18. The number of benzene rings is 1. The summed E-state index contributed by atoms with van der Waals surface area (Å²) in [5, 5.41) is 2.07. The summed E-state index contributed by atoms with van der Waals surface area (Å²) in [6.45, 7) is 1.17. The Morgan fingerprint density at radius 2 is 1.67 bits per heavy atom. The van der Waals surface area contributed by atoms with Gasteiger partial charge in [0.15, 0.2) is 17.9 Å². The molecule has 1 aromatic carbocycles. The fourth-order valence-corrected chi connectivity index (χ4v) is 3.68. The van der Waals surface area contributed by atoms with Crippen molar-refractivity contribution >= 4 is 23.3 Å². The summed E-state index contributed by atoms with van der Waals surface area (Å²) in [4.78, 5) is 25.9. The lowest BCUT2D eigenvalue weighted by Gasteiger charge is -2.36. The number of amides is 3. The largest absolute Gasteiger partial charge is 0.371 e. The van der Waals surface area contributed by atoms with Crippen LogP contribution in [0.3, 0.4) is 0 Å². The zero-order valence-electron chi connectivity index (χ0n) is 15.3. The van der Waals surface area contributed by atoms with Crippen molar-refractivity contribution in [1.82, 2.24) is 5.32 Å². The number of halogens is 2. The van der Waals surface area contributed by atoms with E-state index in [2.05, 4.69) is 5.32 Å². The average molecular weight is 383 g/mol. The van der Waals surface area contributed by atoms with E-state index in [1.807, 2.05) is 4.90 Å². The SMILES string of the molecule is COC(OC)C1CCN(c2cc(F)c(N3CCC(=O)NC3=O)c(F)c2)CC1. The van der Waals surface area contributed by atoms with E-state index < -0.39 is 29.3 Å². The van der Waals surface area contributed by atoms with Crippen molar-refractivity contribution in [3.05, 3.63) is 23.8 Å². The first-order chi connectivity index (χ1) is 12.9. The minimum Gasteiger partial charge on any atom is -0.371 e. The number of nitrogens with one attached hydrogen (secondary N) is 1. The molecule has 0 saturated carbocycles. The Morgan fingerprint density at radius 3 is 2.19 bits per heavy atom. The first kappa shape index (κ1) is 19.5. The summed E-state index contributed by atoms with van der Waals surface area (Å²) >= 11 is 0. The van der Waals surface area contributed by atoms with Crippen LogP contribution in [0.25, 0.3) is 0 Å². The summed E-state index contributed by atoms with van der Waals surface area (Å²) in [6.07, 6.45) is 1.26. The van der Waals surface area contributed by atoms with Gasteiger partial charge in [-0.2, -0.15) is 0 Å². The van der Waals surface area contributed by atoms with Gasteiger partial charge in [0.05, 0.1) is 0 Å². The molecule has 3 rings (SSSR count). The lowest BCUT2D eigenvalue weighted by atomic mass is 9.95. The molecule has 2 fully saturated rings. The van der Waals surface area contributed by atoms with E-state index in [0.717, 1.165) is 17.7 Å². The Morgan fingerprint density at radius 1 is 1.07 bits per heavy atom. The van der Waals surface area contributed by atoms with Gasteiger partial charge in [-0.1, -0.05) is 0 Å². The molecule has 2 heterocycles. The Kier molecular flexibility index (Phi) is 5.91. The Balaban J connectivity index is 1.74. The molecule has 2 saturated heterocycles. The number of methoxy groups -OCH3 is 2. The third-order valence-corrected chi connectivity index (χ3v) is 5.08. The molecule has 0 aliphatic carbocycles. The summed E-state index contributed by atoms with van der Waals surface area (Å²) < 4.78 is 39.8. The molecule has 0 spiro atoms. The quantitative estimate of drug-likeness (QED) is 0.790. The van der Waals surface area contributed by atoms with Crippen LogP contribution in [0.5, 0.6) is 0 Å². The highest BCUT2D eigenvalue weighted by Crippen LogP contribution is 2.32. The fourth-order valence-electron chi connectivity index (χ4n) is 3.68. The number of imide groups is 1. The third-order valence-electron chi connectivity index (χ3n) is 5.08. The van der Waals surface area contributed by atoms with Crippen molar-refractivity contribution in [3.63, 3.8) is 0 Å². The van der Waals surface area contributed by atoms with Crippen molar-refractivity contribution in [1.29, 1.82) is 0 Å². The number of anilines is 2. The third kappa shape index (κ3) is 4.03.